The van der Waals surface area contributed by atoms with E-state index in [0.717, 1.165) is 45.6 Å². The maximum atomic E-state index is 11.2. The van der Waals surface area contributed by atoms with Gasteiger partial charge < -0.3 is 9.80 Å². The lowest BCUT2D eigenvalue weighted by molar-refractivity contribution is -0.384. The summed E-state index contributed by atoms with van der Waals surface area (Å²) >= 11 is 5.87. The summed E-state index contributed by atoms with van der Waals surface area (Å²) in [5.41, 5.74) is 0.777. The molecule has 1 heterocycles. The molecule has 1 aromatic carbocycles. The molecule has 0 atom stereocenters. The van der Waals surface area contributed by atoms with Crippen LogP contribution in [0, 0.1) is 10.1 Å². The van der Waals surface area contributed by atoms with Gasteiger partial charge in [0, 0.05) is 30.7 Å². The lowest BCUT2D eigenvalue weighted by Gasteiger charge is -2.23. The van der Waals surface area contributed by atoms with E-state index in [1.807, 2.05) is 0 Å². The zero-order chi connectivity index (χ0) is 14.5. The Labute approximate surface area is 124 Å². The molecule has 0 N–H and O–H groups in total. The second-order valence-electron chi connectivity index (χ2n) is 5.07. The van der Waals surface area contributed by atoms with Gasteiger partial charge in [-0.2, -0.15) is 0 Å². The lowest BCUT2D eigenvalue weighted by atomic mass is 10.2. The van der Waals surface area contributed by atoms with E-state index in [1.54, 1.807) is 12.1 Å². The molecule has 2 rings (SSSR count). The van der Waals surface area contributed by atoms with E-state index < -0.39 is 0 Å². The van der Waals surface area contributed by atoms with Crippen LogP contribution < -0.4 is 4.90 Å². The molecule has 1 aromatic rings. The smallest absolute Gasteiger partial charge is 0.294 e. The highest BCUT2D eigenvalue weighted by molar-refractivity contribution is 6.30. The molecule has 5 nitrogen and oxygen atoms in total. The van der Waals surface area contributed by atoms with Crippen molar-refractivity contribution >= 4 is 23.0 Å². The van der Waals surface area contributed by atoms with Gasteiger partial charge >= 0.3 is 0 Å². The molecular formula is C14H20ClN3O2. The Balaban J connectivity index is 2.17. The first-order chi connectivity index (χ1) is 9.61. The Morgan fingerprint density at radius 3 is 2.80 bits per heavy atom. The number of benzene rings is 1. The third-order valence-corrected chi connectivity index (χ3v) is 3.84. The first-order valence-electron chi connectivity index (χ1n) is 7.03. The van der Waals surface area contributed by atoms with E-state index in [-0.39, 0.29) is 10.6 Å². The third-order valence-electron chi connectivity index (χ3n) is 3.60. The zero-order valence-electron chi connectivity index (χ0n) is 11.7. The molecule has 1 aliphatic heterocycles. The number of rotatable bonds is 4. The standard InChI is InChI=1S/C14H20ClN3O2/c1-2-6-16-7-3-8-17(10-9-16)13-5-4-12(15)11-14(13)18(19)20/h4-5,11H,2-3,6-10H2,1H3. The average molecular weight is 298 g/mol. The van der Waals surface area contributed by atoms with Gasteiger partial charge in [0.2, 0.25) is 0 Å². The maximum absolute atomic E-state index is 11.2. The van der Waals surface area contributed by atoms with Crippen LogP contribution >= 0.6 is 11.6 Å². The van der Waals surface area contributed by atoms with Crippen LogP contribution in [-0.2, 0) is 0 Å². The van der Waals surface area contributed by atoms with Gasteiger partial charge in [-0.05, 0) is 38.1 Å². The molecule has 110 valence electrons. The summed E-state index contributed by atoms with van der Waals surface area (Å²) in [4.78, 5) is 15.3. The van der Waals surface area contributed by atoms with Crippen molar-refractivity contribution in [3.8, 4) is 0 Å². The van der Waals surface area contributed by atoms with Crippen molar-refractivity contribution in [1.29, 1.82) is 0 Å². The van der Waals surface area contributed by atoms with E-state index in [1.165, 1.54) is 6.07 Å². The van der Waals surface area contributed by atoms with E-state index in [9.17, 15) is 10.1 Å². The molecule has 1 aliphatic rings. The van der Waals surface area contributed by atoms with Crippen LogP contribution in [0.1, 0.15) is 19.8 Å². The van der Waals surface area contributed by atoms with Crippen molar-refractivity contribution in [3.63, 3.8) is 0 Å². The largest absolute Gasteiger partial charge is 0.365 e. The van der Waals surface area contributed by atoms with Gasteiger partial charge in [-0.25, -0.2) is 0 Å². The predicted octanol–water partition coefficient (Wildman–Crippen LogP) is 3.17. The zero-order valence-corrected chi connectivity index (χ0v) is 12.5. The molecule has 0 aromatic heterocycles. The maximum Gasteiger partial charge on any atom is 0.294 e. The van der Waals surface area contributed by atoms with Crippen molar-refractivity contribution in [3.05, 3.63) is 33.3 Å². The molecule has 20 heavy (non-hydrogen) atoms. The second kappa shape index (κ2) is 6.90. The fraction of sp³-hybridized carbons (Fsp3) is 0.571. The third kappa shape index (κ3) is 3.61. The molecule has 1 saturated heterocycles. The fourth-order valence-electron chi connectivity index (χ4n) is 2.66. The molecule has 6 heteroatoms. The number of hydrogen-bond donors (Lipinski definition) is 0. The van der Waals surface area contributed by atoms with Crippen LogP contribution in [0.25, 0.3) is 0 Å². The molecule has 0 amide bonds. The minimum Gasteiger partial charge on any atom is -0.365 e. The Hall–Kier alpha value is -1.33. The summed E-state index contributed by atoms with van der Waals surface area (Å²) in [7, 11) is 0. The van der Waals surface area contributed by atoms with Crippen LogP contribution in [0.5, 0.6) is 0 Å². The number of nitro benzene ring substituents is 1. The summed E-state index contributed by atoms with van der Waals surface area (Å²) in [5, 5.41) is 11.6. The number of nitrogens with zero attached hydrogens (tertiary/aromatic N) is 3. The summed E-state index contributed by atoms with van der Waals surface area (Å²) < 4.78 is 0. The molecule has 1 fully saturated rings. The van der Waals surface area contributed by atoms with Gasteiger partial charge in [0.25, 0.3) is 5.69 Å². The minimum absolute atomic E-state index is 0.0986. The quantitative estimate of drug-likeness (QED) is 0.633. The first-order valence-corrected chi connectivity index (χ1v) is 7.41. The first kappa shape index (κ1) is 15.1. The van der Waals surface area contributed by atoms with Gasteiger partial charge in [0.05, 0.1) is 4.92 Å². The molecular weight excluding hydrogens is 278 g/mol. The Kier molecular flexibility index (Phi) is 5.20. The summed E-state index contributed by atoms with van der Waals surface area (Å²) in [6, 6.07) is 4.92. The SMILES string of the molecule is CCCN1CCCN(c2ccc(Cl)cc2[N+](=O)[O-])CC1. The molecule has 0 radical (unpaired) electrons. The number of anilines is 1. The predicted molar refractivity (Wildman–Crippen MR) is 81.7 cm³/mol. The van der Waals surface area contributed by atoms with Crippen molar-refractivity contribution in [2.75, 3.05) is 37.6 Å². The normalized spacial score (nSPS) is 17.0. The molecule has 0 saturated carbocycles. The van der Waals surface area contributed by atoms with Crippen LogP contribution in [0.2, 0.25) is 5.02 Å². The summed E-state index contributed by atoms with van der Waals surface area (Å²) in [6.45, 7) is 6.95. The fourth-order valence-corrected chi connectivity index (χ4v) is 2.83. The Morgan fingerprint density at radius 1 is 1.30 bits per heavy atom. The van der Waals surface area contributed by atoms with Crippen molar-refractivity contribution < 1.29 is 4.92 Å². The molecule has 0 aliphatic carbocycles. The van der Waals surface area contributed by atoms with E-state index >= 15 is 0 Å². The number of halogens is 1. The summed E-state index contributed by atoms with van der Waals surface area (Å²) in [5.74, 6) is 0. The molecule has 0 bridgehead atoms. The highest BCUT2D eigenvalue weighted by Gasteiger charge is 2.22. The number of nitro groups is 1. The van der Waals surface area contributed by atoms with Crippen molar-refractivity contribution in [2.45, 2.75) is 19.8 Å². The van der Waals surface area contributed by atoms with E-state index in [2.05, 4.69) is 16.7 Å². The van der Waals surface area contributed by atoms with E-state index in [4.69, 9.17) is 11.6 Å². The van der Waals surface area contributed by atoms with Crippen LogP contribution in [0.3, 0.4) is 0 Å². The van der Waals surface area contributed by atoms with Gasteiger partial charge in [0.1, 0.15) is 5.69 Å². The van der Waals surface area contributed by atoms with E-state index in [0.29, 0.717) is 10.7 Å². The van der Waals surface area contributed by atoms with Gasteiger partial charge in [-0.3, -0.25) is 10.1 Å². The molecule has 0 spiro atoms. The highest BCUT2D eigenvalue weighted by Crippen LogP contribution is 2.31. The van der Waals surface area contributed by atoms with Gasteiger partial charge in [0.15, 0.2) is 0 Å². The topological polar surface area (TPSA) is 49.6 Å². The van der Waals surface area contributed by atoms with Gasteiger partial charge in [-0.15, -0.1) is 0 Å². The minimum atomic E-state index is -0.351. The van der Waals surface area contributed by atoms with Gasteiger partial charge in [-0.1, -0.05) is 18.5 Å². The van der Waals surface area contributed by atoms with Crippen molar-refractivity contribution in [1.82, 2.24) is 4.90 Å². The van der Waals surface area contributed by atoms with Crippen LogP contribution in [0.4, 0.5) is 11.4 Å². The second-order valence-corrected chi connectivity index (χ2v) is 5.51. The number of hydrogen-bond acceptors (Lipinski definition) is 4. The lowest BCUT2D eigenvalue weighted by Crippen LogP contribution is -2.31. The van der Waals surface area contributed by atoms with Crippen LogP contribution in [-0.4, -0.2) is 42.5 Å². The average Bonchev–Trinajstić information content (AvgIpc) is 2.65. The molecule has 0 unspecified atom stereocenters. The van der Waals surface area contributed by atoms with Crippen LogP contribution in [0.15, 0.2) is 18.2 Å². The summed E-state index contributed by atoms with van der Waals surface area (Å²) in [6.07, 6.45) is 2.17. The highest BCUT2D eigenvalue weighted by atomic mass is 35.5. The monoisotopic (exact) mass is 297 g/mol. The van der Waals surface area contributed by atoms with Crippen molar-refractivity contribution in [2.24, 2.45) is 0 Å². The Bertz CT molecular complexity index is 481. The Morgan fingerprint density at radius 2 is 2.10 bits per heavy atom.